The maximum atomic E-state index is 2.69. The molecule has 2 aliphatic heterocycles. The highest BCUT2D eigenvalue weighted by molar-refractivity contribution is 7.25. The van der Waals surface area contributed by atoms with Crippen LogP contribution in [0.4, 0.5) is 17.1 Å². The Morgan fingerprint density at radius 2 is 0.500 bits per heavy atom. The molecule has 0 bridgehead atoms. The van der Waals surface area contributed by atoms with Crippen LogP contribution in [0, 0.1) is 0 Å². The van der Waals surface area contributed by atoms with E-state index in [1.54, 1.807) is 0 Å². The number of fused-ring (bicyclic) bond motifs is 7. The molecule has 0 unspecified atom stereocenters. The van der Waals surface area contributed by atoms with E-state index >= 15 is 0 Å². The van der Waals surface area contributed by atoms with Gasteiger partial charge in [-0.25, -0.2) is 0 Å². The molecule has 0 saturated carbocycles. The number of rotatable bonds is 13. The zero-order chi connectivity index (χ0) is 63.7. The predicted octanol–water partition coefficient (Wildman–Crippen LogP) is 10.4. The van der Waals surface area contributed by atoms with Gasteiger partial charge in [-0.3, -0.25) is 0 Å². The molecule has 16 aromatic rings. The molecule has 96 heavy (non-hydrogen) atoms. The zero-order valence-electron chi connectivity index (χ0n) is 53.0. The van der Waals surface area contributed by atoms with Crippen molar-refractivity contribution >= 4 is 154 Å². The first kappa shape index (κ1) is 57.4. The summed E-state index contributed by atoms with van der Waals surface area (Å²) in [7, 11) is -12.4. The van der Waals surface area contributed by atoms with E-state index in [0.717, 1.165) is 5.69 Å². The normalized spacial score (nSPS) is 13.6. The van der Waals surface area contributed by atoms with Crippen molar-refractivity contribution in [1.29, 1.82) is 0 Å². The molecule has 15 aromatic carbocycles. The zero-order valence-corrected chi connectivity index (χ0v) is 57.0. The van der Waals surface area contributed by atoms with Crippen molar-refractivity contribution < 1.29 is 0 Å². The fourth-order valence-electron chi connectivity index (χ4n) is 17.4. The van der Waals surface area contributed by atoms with Crippen molar-refractivity contribution in [2.75, 3.05) is 4.90 Å². The van der Waals surface area contributed by atoms with E-state index in [4.69, 9.17) is 0 Å². The number of benzene rings is 15. The molecular formula is C90H66N2Si4. The van der Waals surface area contributed by atoms with E-state index in [0.29, 0.717) is 0 Å². The Morgan fingerprint density at radius 1 is 0.208 bits per heavy atom. The summed E-state index contributed by atoms with van der Waals surface area (Å²) in [5.74, 6) is 0. The fourth-order valence-corrected chi connectivity index (χ4v) is 37.4. The average molecular weight is 1290 g/mol. The van der Waals surface area contributed by atoms with Gasteiger partial charge in [-0.1, -0.05) is 364 Å². The van der Waals surface area contributed by atoms with Crippen LogP contribution < -0.4 is 87.9 Å². The largest absolute Gasteiger partial charge is 0.311 e. The standard InChI is InChI=1S/C90H66N2Si4/c1-11-34-68(35-12-1)93(69-36-13-2-14-37-69,70-38-15-3-16-39-70)78-59-62-82-80(65-78)81-66-79(94(71-40-17-4-18-41-71,72-42-19-5-20-43-72)73-44-21-6-22-45-73)60-63-83(81)91(82)67-58-61-85-89(64-67)96(76-50-27-9-28-51-76,77-52-29-10-30-53-77)88-57-33-56-87-90(88)92(85)84-54-31-32-55-86(84)95(87,74-46-23-7-24-47-74)75-48-25-8-26-49-75/h1-66H. The van der Waals surface area contributed by atoms with Crippen molar-refractivity contribution in [1.82, 2.24) is 4.57 Å². The molecule has 18 rings (SSSR count). The second kappa shape index (κ2) is 23.3. The highest BCUT2D eigenvalue weighted by Crippen LogP contribution is 2.43. The fraction of sp³-hybridized carbons (Fsp3) is 0. The number of anilines is 3. The van der Waals surface area contributed by atoms with E-state index in [1.807, 2.05) is 0 Å². The van der Waals surface area contributed by atoms with Crippen LogP contribution >= 0.6 is 0 Å². The minimum absolute atomic E-state index is 1.13. The molecule has 0 aliphatic carbocycles. The summed E-state index contributed by atoms with van der Waals surface area (Å²) >= 11 is 0. The lowest BCUT2D eigenvalue weighted by molar-refractivity contribution is 1.18. The number of hydrogen-bond acceptors (Lipinski definition) is 1. The number of hydrogen-bond donors (Lipinski definition) is 0. The lowest BCUT2D eigenvalue weighted by Gasteiger charge is -2.52. The lowest BCUT2D eigenvalue weighted by atomic mass is 10.1. The van der Waals surface area contributed by atoms with Crippen LogP contribution in [-0.4, -0.2) is 36.9 Å². The molecular weight excluding hydrogens is 1220 g/mol. The van der Waals surface area contributed by atoms with Crippen LogP contribution in [0.2, 0.25) is 0 Å². The summed E-state index contributed by atoms with van der Waals surface area (Å²) < 4.78 is 2.63. The summed E-state index contributed by atoms with van der Waals surface area (Å²) in [5, 5.41) is 24.3. The second-order valence-corrected chi connectivity index (χ2v) is 40.8. The van der Waals surface area contributed by atoms with Crippen molar-refractivity contribution in [3.05, 3.63) is 400 Å². The van der Waals surface area contributed by atoms with Crippen LogP contribution in [0.1, 0.15) is 0 Å². The van der Waals surface area contributed by atoms with Crippen LogP contribution in [0.15, 0.2) is 400 Å². The molecule has 0 spiro atoms. The Kier molecular flexibility index (Phi) is 14.0. The van der Waals surface area contributed by atoms with Gasteiger partial charge in [0, 0.05) is 33.5 Å². The average Bonchev–Trinajstić information content (AvgIpc) is 0.698. The molecule has 0 radical (unpaired) electrons. The van der Waals surface area contributed by atoms with Gasteiger partial charge in [0.1, 0.15) is 0 Å². The third kappa shape index (κ3) is 8.39. The van der Waals surface area contributed by atoms with Crippen molar-refractivity contribution in [3.8, 4) is 5.69 Å². The van der Waals surface area contributed by atoms with Crippen LogP contribution in [0.25, 0.3) is 27.5 Å². The highest BCUT2D eigenvalue weighted by atomic mass is 28.3. The molecule has 0 atom stereocenters. The molecule has 0 saturated heterocycles. The van der Waals surface area contributed by atoms with Crippen molar-refractivity contribution in [2.24, 2.45) is 0 Å². The Balaban J connectivity index is 0.971. The quantitative estimate of drug-likeness (QED) is 0.0825. The van der Waals surface area contributed by atoms with Crippen LogP contribution in [-0.2, 0) is 0 Å². The first-order valence-corrected chi connectivity index (χ1v) is 41.5. The minimum atomic E-state index is -3.31. The molecule has 2 aliphatic rings. The van der Waals surface area contributed by atoms with Gasteiger partial charge in [-0.05, 0) is 119 Å². The summed E-state index contributed by atoms with van der Waals surface area (Å²) in [6, 6.07) is 154. The molecule has 452 valence electrons. The Morgan fingerprint density at radius 3 is 0.854 bits per heavy atom. The lowest BCUT2D eigenvalue weighted by Crippen LogP contribution is -2.82. The van der Waals surface area contributed by atoms with E-state index < -0.39 is 32.3 Å². The van der Waals surface area contributed by atoms with Gasteiger partial charge in [-0.15, -0.1) is 0 Å². The van der Waals surface area contributed by atoms with Gasteiger partial charge >= 0.3 is 0 Å². The van der Waals surface area contributed by atoms with E-state index in [9.17, 15) is 0 Å². The molecule has 3 heterocycles. The van der Waals surface area contributed by atoms with Crippen LogP contribution in [0.5, 0.6) is 0 Å². The van der Waals surface area contributed by atoms with Gasteiger partial charge in [0.2, 0.25) is 0 Å². The molecule has 0 fully saturated rings. The SMILES string of the molecule is c1ccc([Si](c2ccccc2)(c2ccccc2)c2ccc3c(c2)c2cc([Si](c4ccccc4)(c4ccccc4)c4ccccc4)ccc2n3-c2ccc3c(c2)[Si](c2ccccc2)(c2ccccc2)c2cccc4c2N3c2ccccc2[Si]4(c2ccccc2)c2ccccc2)cc1. The van der Waals surface area contributed by atoms with E-state index in [2.05, 4.69) is 410 Å². The summed E-state index contributed by atoms with van der Waals surface area (Å²) in [4.78, 5) is 2.69. The summed E-state index contributed by atoms with van der Waals surface area (Å²) in [6.07, 6.45) is 0. The highest BCUT2D eigenvalue weighted by Gasteiger charge is 2.56. The summed E-state index contributed by atoms with van der Waals surface area (Å²) in [5.41, 5.74) is 7.28. The first-order valence-electron chi connectivity index (χ1n) is 33.5. The minimum Gasteiger partial charge on any atom is -0.311 e. The Bertz CT molecular complexity index is 5050. The van der Waals surface area contributed by atoms with Gasteiger partial charge in [0.15, 0.2) is 32.3 Å². The third-order valence-electron chi connectivity index (χ3n) is 21.2. The Labute approximate surface area is 565 Å². The first-order chi connectivity index (χ1) is 47.6. The molecule has 0 N–H and O–H groups in total. The van der Waals surface area contributed by atoms with Gasteiger partial charge < -0.3 is 9.47 Å². The maximum absolute atomic E-state index is 3.31. The van der Waals surface area contributed by atoms with Gasteiger partial charge in [0.05, 0.1) is 11.0 Å². The Hall–Kier alpha value is -11.2. The maximum Gasteiger partial charge on any atom is 0.184 e. The van der Waals surface area contributed by atoms with E-state index in [1.165, 1.54) is 122 Å². The molecule has 6 heteroatoms. The predicted molar refractivity (Wildman–Crippen MR) is 417 cm³/mol. The second-order valence-electron chi connectivity index (χ2n) is 25.7. The monoisotopic (exact) mass is 1290 g/mol. The van der Waals surface area contributed by atoms with Gasteiger partial charge in [-0.2, -0.15) is 0 Å². The van der Waals surface area contributed by atoms with Gasteiger partial charge in [0.25, 0.3) is 0 Å². The van der Waals surface area contributed by atoms with Crippen LogP contribution in [0.3, 0.4) is 0 Å². The topological polar surface area (TPSA) is 8.17 Å². The summed E-state index contributed by atoms with van der Waals surface area (Å²) in [6.45, 7) is 0. The third-order valence-corrected chi connectivity index (χ3v) is 40.4. The van der Waals surface area contributed by atoms with Crippen molar-refractivity contribution in [2.45, 2.75) is 0 Å². The van der Waals surface area contributed by atoms with Crippen molar-refractivity contribution in [3.63, 3.8) is 0 Å². The number of aromatic nitrogens is 1. The molecule has 1 aromatic heterocycles. The smallest absolute Gasteiger partial charge is 0.184 e. The molecule has 2 nitrogen and oxygen atoms in total. The van der Waals surface area contributed by atoms with E-state index in [-0.39, 0.29) is 0 Å². The number of nitrogens with zero attached hydrogens (tertiary/aromatic N) is 2. The molecule has 0 amide bonds. The number of para-hydroxylation sites is 2.